The van der Waals surface area contributed by atoms with Crippen molar-refractivity contribution in [3.8, 4) is 0 Å². The van der Waals surface area contributed by atoms with E-state index in [0.717, 1.165) is 43.5 Å². The van der Waals surface area contributed by atoms with Gasteiger partial charge in [-0.1, -0.05) is 45.4 Å². The van der Waals surface area contributed by atoms with Crippen molar-refractivity contribution < 1.29 is 0 Å². The zero-order chi connectivity index (χ0) is 15.7. The normalized spacial score (nSPS) is 11.6. The predicted octanol–water partition coefficient (Wildman–Crippen LogP) is 4.52. The minimum atomic E-state index is 0.665. The van der Waals surface area contributed by atoms with Gasteiger partial charge in [-0.3, -0.25) is 0 Å². The molecule has 0 aromatic heterocycles. The van der Waals surface area contributed by atoms with Gasteiger partial charge in [-0.25, -0.2) is 0 Å². The predicted molar refractivity (Wildman–Crippen MR) is 96.5 cm³/mol. The van der Waals surface area contributed by atoms with Gasteiger partial charge in [0.1, 0.15) is 0 Å². The Labute approximate surface area is 139 Å². The fourth-order valence-corrected chi connectivity index (χ4v) is 3.35. The summed E-state index contributed by atoms with van der Waals surface area (Å²) in [6.45, 7) is 14.1. The lowest BCUT2D eigenvalue weighted by Crippen LogP contribution is -2.25. The van der Waals surface area contributed by atoms with Gasteiger partial charge in [-0.15, -0.1) is 11.8 Å². The van der Waals surface area contributed by atoms with Crippen molar-refractivity contribution in [3.63, 3.8) is 0 Å². The van der Waals surface area contributed by atoms with Gasteiger partial charge in [-0.05, 0) is 43.2 Å². The summed E-state index contributed by atoms with van der Waals surface area (Å²) in [6, 6.07) is 6.43. The first-order valence-electron chi connectivity index (χ1n) is 7.91. The first-order valence-corrected chi connectivity index (χ1v) is 9.27. The first kappa shape index (κ1) is 18.8. The van der Waals surface area contributed by atoms with Crippen LogP contribution in [0.2, 0.25) is 5.02 Å². The van der Waals surface area contributed by atoms with Crippen LogP contribution >= 0.6 is 23.4 Å². The Morgan fingerprint density at radius 2 is 1.95 bits per heavy atom. The molecule has 0 atom stereocenters. The minimum Gasteiger partial charge on any atom is -0.312 e. The highest BCUT2D eigenvalue weighted by atomic mass is 35.5. The molecule has 0 saturated carbocycles. The van der Waals surface area contributed by atoms with Crippen LogP contribution < -0.4 is 5.32 Å². The molecule has 0 unspecified atom stereocenters. The van der Waals surface area contributed by atoms with Gasteiger partial charge in [-0.2, -0.15) is 0 Å². The smallest absolute Gasteiger partial charge is 0.0462 e. The molecule has 0 spiro atoms. The summed E-state index contributed by atoms with van der Waals surface area (Å²) in [5, 5.41) is 4.31. The van der Waals surface area contributed by atoms with Crippen LogP contribution in [0.1, 0.15) is 33.3 Å². The second kappa shape index (κ2) is 10.5. The van der Waals surface area contributed by atoms with Gasteiger partial charge in [0.05, 0.1) is 0 Å². The summed E-state index contributed by atoms with van der Waals surface area (Å²) in [5.41, 5.74) is 1.19. The summed E-state index contributed by atoms with van der Waals surface area (Å²) < 4.78 is 0. The second-order valence-electron chi connectivity index (χ2n) is 5.65. The SMILES string of the molecule is CCN(CC)CCSc1ccc(CNCC(C)C)c(Cl)c1. The molecule has 0 bridgehead atoms. The van der Waals surface area contributed by atoms with Crippen LogP contribution in [0.3, 0.4) is 0 Å². The lowest BCUT2D eigenvalue weighted by molar-refractivity contribution is 0.324. The molecule has 4 heteroatoms. The summed E-state index contributed by atoms with van der Waals surface area (Å²) >= 11 is 8.26. The third kappa shape index (κ3) is 7.55. The van der Waals surface area contributed by atoms with Crippen LogP contribution in [-0.2, 0) is 6.54 Å². The molecule has 0 amide bonds. The van der Waals surface area contributed by atoms with Crippen molar-refractivity contribution in [3.05, 3.63) is 28.8 Å². The third-order valence-corrected chi connectivity index (χ3v) is 4.79. The Morgan fingerprint density at radius 1 is 1.24 bits per heavy atom. The molecular weight excluding hydrogens is 300 g/mol. The van der Waals surface area contributed by atoms with Crippen molar-refractivity contribution in [2.45, 2.75) is 39.1 Å². The maximum Gasteiger partial charge on any atom is 0.0462 e. The third-order valence-electron chi connectivity index (χ3n) is 3.46. The maximum atomic E-state index is 6.38. The molecule has 0 saturated heterocycles. The van der Waals surface area contributed by atoms with E-state index in [4.69, 9.17) is 11.6 Å². The highest BCUT2D eigenvalue weighted by Gasteiger charge is 2.04. The van der Waals surface area contributed by atoms with E-state index in [1.165, 1.54) is 10.5 Å². The van der Waals surface area contributed by atoms with Gasteiger partial charge >= 0.3 is 0 Å². The minimum absolute atomic E-state index is 0.665. The fourth-order valence-electron chi connectivity index (χ4n) is 2.09. The Morgan fingerprint density at radius 3 is 2.52 bits per heavy atom. The molecule has 0 heterocycles. The van der Waals surface area contributed by atoms with Crippen LogP contribution in [0.25, 0.3) is 0 Å². The number of nitrogens with zero attached hydrogens (tertiary/aromatic N) is 1. The Bertz CT molecular complexity index is 406. The van der Waals surface area contributed by atoms with Crippen LogP contribution in [0.4, 0.5) is 0 Å². The highest BCUT2D eigenvalue weighted by molar-refractivity contribution is 7.99. The van der Waals surface area contributed by atoms with Gasteiger partial charge in [0, 0.05) is 28.8 Å². The van der Waals surface area contributed by atoms with Gasteiger partial charge in [0.2, 0.25) is 0 Å². The molecule has 0 aliphatic carbocycles. The zero-order valence-corrected chi connectivity index (χ0v) is 15.4. The Balaban J connectivity index is 2.42. The standard InChI is InChI=1S/C17H29ClN2S/c1-5-20(6-2)9-10-21-16-8-7-15(17(18)11-16)13-19-12-14(3)4/h7-8,11,14,19H,5-6,9-10,12-13H2,1-4H3. The quantitative estimate of drug-likeness (QED) is 0.636. The Kier molecular flexibility index (Phi) is 9.41. The van der Waals surface area contributed by atoms with Crippen molar-refractivity contribution in [1.29, 1.82) is 0 Å². The van der Waals surface area contributed by atoms with E-state index in [9.17, 15) is 0 Å². The zero-order valence-electron chi connectivity index (χ0n) is 13.8. The first-order chi connectivity index (χ1) is 10.1. The van der Waals surface area contributed by atoms with Crippen molar-refractivity contribution in [2.75, 3.05) is 31.9 Å². The summed E-state index contributed by atoms with van der Waals surface area (Å²) in [5.74, 6) is 1.78. The maximum absolute atomic E-state index is 6.38. The number of rotatable bonds is 10. The van der Waals surface area contributed by atoms with E-state index < -0.39 is 0 Å². The number of hydrogen-bond donors (Lipinski definition) is 1. The average Bonchev–Trinajstić information content (AvgIpc) is 2.45. The molecule has 1 N–H and O–H groups in total. The molecule has 120 valence electrons. The van der Waals surface area contributed by atoms with Crippen LogP contribution in [0.15, 0.2) is 23.1 Å². The fraction of sp³-hybridized carbons (Fsp3) is 0.647. The molecule has 1 aromatic rings. The van der Waals surface area contributed by atoms with Crippen LogP contribution in [0.5, 0.6) is 0 Å². The van der Waals surface area contributed by atoms with E-state index >= 15 is 0 Å². The molecule has 0 aliphatic heterocycles. The lowest BCUT2D eigenvalue weighted by Gasteiger charge is -2.17. The summed E-state index contributed by atoms with van der Waals surface area (Å²) in [7, 11) is 0. The monoisotopic (exact) mass is 328 g/mol. The summed E-state index contributed by atoms with van der Waals surface area (Å²) in [4.78, 5) is 3.71. The number of nitrogens with one attached hydrogen (secondary N) is 1. The second-order valence-corrected chi connectivity index (χ2v) is 7.23. The molecule has 0 aliphatic rings. The molecule has 21 heavy (non-hydrogen) atoms. The molecule has 1 aromatic carbocycles. The number of benzene rings is 1. The highest BCUT2D eigenvalue weighted by Crippen LogP contribution is 2.25. The van der Waals surface area contributed by atoms with Crippen molar-refractivity contribution in [2.24, 2.45) is 5.92 Å². The average molecular weight is 329 g/mol. The van der Waals surface area contributed by atoms with E-state index in [1.807, 2.05) is 11.8 Å². The molecule has 1 rings (SSSR count). The molecule has 0 fully saturated rings. The van der Waals surface area contributed by atoms with Crippen molar-refractivity contribution >= 4 is 23.4 Å². The van der Waals surface area contributed by atoms with E-state index in [-0.39, 0.29) is 0 Å². The Hall–Kier alpha value is -0.220. The number of hydrogen-bond acceptors (Lipinski definition) is 3. The van der Waals surface area contributed by atoms with Gasteiger partial charge < -0.3 is 10.2 Å². The lowest BCUT2D eigenvalue weighted by atomic mass is 10.2. The van der Waals surface area contributed by atoms with E-state index in [1.54, 1.807) is 0 Å². The molecular formula is C17H29ClN2S. The summed E-state index contributed by atoms with van der Waals surface area (Å²) in [6.07, 6.45) is 0. The molecule has 2 nitrogen and oxygen atoms in total. The van der Waals surface area contributed by atoms with Gasteiger partial charge in [0.25, 0.3) is 0 Å². The number of halogens is 1. The van der Waals surface area contributed by atoms with Crippen molar-refractivity contribution in [1.82, 2.24) is 10.2 Å². The van der Waals surface area contributed by atoms with E-state index in [2.05, 4.69) is 56.1 Å². The largest absolute Gasteiger partial charge is 0.312 e. The van der Waals surface area contributed by atoms with Crippen LogP contribution in [0, 0.1) is 5.92 Å². The van der Waals surface area contributed by atoms with E-state index in [0.29, 0.717) is 5.92 Å². The van der Waals surface area contributed by atoms with Crippen LogP contribution in [-0.4, -0.2) is 36.8 Å². The number of thioether (sulfide) groups is 1. The molecule has 0 radical (unpaired) electrons. The topological polar surface area (TPSA) is 15.3 Å². The van der Waals surface area contributed by atoms with Gasteiger partial charge in [0.15, 0.2) is 0 Å².